The van der Waals surface area contributed by atoms with E-state index < -0.39 is 6.04 Å². The highest BCUT2D eigenvalue weighted by atomic mass is 16.5. The minimum absolute atomic E-state index is 0.327. The molecule has 1 N–H and O–H groups in total. The summed E-state index contributed by atoms with van der Waals surface area (Å²) < 4.78 is 9.99. The maximum Gasteiger partial charge on any atom is 0.327 e. The van der Waals surface area contributed by atoms with Crippen molar-refractivity contribution in [2.45, 2.75) is 13.0 Å². The molecule has 5 nitrogen and oxygen atoms in total. The largest absolute Gasteiger partial charge is 0.481 e. The molecule has 0 aliphatic heterocycles. The predicted molar refractivity (Wildman–Crippen MR) is 68.4 cm³/mol. The average Bonchev–Trinajstić information content (AvgIpc) is 2.40. The Kier molecular flexibility index (Phi) is 5.87. The Morgan fingerprint density at radius 1 is 1.61 bits per heavy atom. The van der Waals surface area contributed by atoms with Crippen LogP contribution < -0.4 is 10.1 Å². The second-order valence-electron chi connectivity index (χ2n) is 3.52. The van der Waals surface area contributed by atoms with E-state index in [1.54, 1.807) is 38.4 Å². The first-order valence-corrected chi connectivity index (χ1v) is 5.73. The predicted octanol–water partition coefficient (Wildman–Crippen LogP) is 1.47. The van der Waals surface area contributed by atoms with Crippen LogP contribution in [0.15, 0.2) is 31.0 Å². The molecule has 0 spiro atoms. The zero-order chi connectivity index (χ0) is 13.4. The van der Waals surface area contributed by atoms with Crippen molar-refractivity contribution in [3.8, 4) is 5.88 Å². The lowest BCUT2D eigenvalue weighted by molar-refractivity contribution is -0.145. The number of carbonyl (C=O) groups excluding carboxylic acids is 1. The van der Waals surface area contributed by atoms with Crippen LogP contribution in [0.1, 0.15) is 18.5 Å². The van der Waals surface area contributed by atoms with Crippen LogP contribution in [0.25, 0.3) is 0 Å². The van der Waals surface area contributed by atoms with Crippen LogP contribution >= 0.6 is 0 Å². The second kappa shape index (κ2) is 7.45. The molecule has 1 rings (SSSR count). The first-order valence-electron chi connectivity index (χ1n) is 5.73. The SMILES string of the molecule is C=CCNC(C(=O)OCC)c1ccc(OC)nc1. The Hall–Kier alpha value is -1.88. The highest BCUT2D eigenvalue weighted by molar-refractivity contribution is 5.77. The van der Waals surface area contributed by atoms with Crippen LogP contribution in [0, 0.1) is 0 Å². The van der Waals surface area contributed by atoms with E-state index in [0.717, 1.165) is 5.56 Å². The van der Waals surface area contributed by atoms with Crippen molar-refractivity contribution in [3.63, 3.8) is 0 Å². The van der Waals surface area contributed by atoms with Gasteiger partial charge in [0.2, 0.25) is 5.88 Å². The van der Waals surface area contributed by atoms with Gasteiger partial charge in [0.1, 0.15) is 6.04 Å². The molecule has 0 fully saturated rings. The van der Waals surface area contributed by atoms with Crippen molar-refractivity contribution in [3.05, 3.63) is 36.5 Å². The minimum atomic E-state index is -0.540. The van der Waals surface area contributed by atoms with Crippen LogP contribution in [0.3, 0.4) is 0 Å². The number of methoxy groups -OCH3 is 1. The maximum atomic E-state index is 11.8. The number of nitrogens with one attached hydrogen (secondary N) is 1. The molecule has 1 aromatic rings. The van der Waals surface area contributed by atoms with Gasteiger partial charge in [0.25, 0.3) is 0 Å². The molecular weight excluding hydrogens is 232 g/mol. The number of hydrogen-bond donors (Lipinski definition) is 1. The first-order chi connectivity index (χ1) is 8.72. The van der Waals surface area contributed by atoms with Gasteiger partial charge >= 0.3 is 5.97 Å². The van der Waals surface area contributed by atoms with Crippen molar-refractivity contribution in [2.24, 2.45) is 0 Å². The van der Waals surface area contributed by atoms with Crippen molar-refractivity contribution in [1.29, 1.82) is 0 Å². The fraction of sp³-hybridized carbons (Fsp3) is 0.385. The number of esters is 1. The number of ether oxygens (including phenoxy) is 2. The molecule has 0 aromatic carbocycles. The van der Waals surface area contributed by atoms with E-state index in [0.29, 0.717) is 19.0 Å². The summed E-state index contributed by atoms with van der Waals surface area (Å²) in [6, 6.07) is 2.95. The molecule has 1 unspecified atom stereocenters. The van der Waals surface area contributed by atoms with Gasteiger partial charge in [0, 0.05) is 18.8 Å². The lowest BCUT2D eigenvalue weighted by Gasteiger charge is -2.16. The summed E-state index contributed by atoms with van der Waals surface area (Å²) in [6.45, 7) is 6.23. The maximum absolute atomic E-state index is 11.8. The van der Waals surface area contributed by atoms with Gasteiger partial charge in [0.05, 0.1) is 13.7 Å². The third-order valence-electron chi connectivity index (χ3n) is 2.29. The Labute approximate surface area is 107 Å². The zero-order valence-corrected chi connectivity index (χ0v) is 10.7. The first kappa shape index (κ1) is 14.2. The lowest BCUT2D eigenvalue weighted by atomic mass is 10.1. The Morgan fingerprint density at radius 2 is 2.39 bits per heavy atom. The quantitative estimate of drug-likeness (QED) is 0.586. The standard InChI is InChI=1S/C13H18N2O3/c1-4-8-14-12(13(16)18-5-2)10-6-7-11(17-3)15-9-10/h4,6-7,9,12,14H,1,5,8H2,2-3H3. The van der Waals surface area contributed by atoms with Gasteiger partial charge in [-0.2, -0.15) is 0 Å². The van der Waals surface area contributed by atoms with Crippen LogP contribution in [-0.4, -0.2) is 31.2 Å². The van der Waals surface area contributed by atoms with Gasteiger partial charge in [-0.05, 0) is 18.6 Å². The molecule has 0 aliphatic carbocycles. The summed E-state index contributed by atoms with van der Waals surface area (Å²) in [5, 5.41) is 3.03. The molecule has 0 saturated carbocycles. The molecular formula is C13H18N2O3. The molecule has 1 heterocycles. The Bertz CT molecular complexity index is 390. The Balaban J connectivity index is 2.85. The van der Waals surface area contributed by atoms with Gasteiger partial charge in [-0.3, -0.25) is 5.32 Å². The Morgan fingerprint density at radius 3 is 2.89 bits per heavy atom. The van der Waals surface area contributed by atoms with Gasteiger partial charge in [-0.15, -0.1) is 6.58 Å². The summed E-state index contributed by atoms with van der Waals surface area (Å²) in [4.78, 5) is 15.9. The molecule has 0 amide bonds. The smallest absolute Gasteiger partial charge is 0.327 e. The van der Waals surface area contributed by atoms with E-state index in [1.165, 1.54) is 0 Å². The molecule has 0 saturated heterocycles. The number of aromatic nitrogens is 1. The highest BCUT2D eigenvalue weighted by Gasteiger charge is 2.21. The highest BCUT2D eigenvalue weighted by Crippen LogP contribution is 2.16. The number of rotatable bonds is 7. The average molecular weight is 250 g/mol. The van der Waals surface area contributed by atoms with Crippen molar-refractivity contribution >= 4 is 5.97 Å². The van der Waals surface area contributed by atoms with Crippen LogP contribution in [0.2, 0.25) is 0 Å². The molecule has 5 heteroatoms. The van der Waals surface area contributed by atoms with E-state index in [1.807, 2.05) is 0 Å². The fourth-order valence-electron chi connectivity index (χ4n) is 1.45. The van der Waals surface area contributed by atoms with Gasteiger partial charge in [-0.25, -0.2) is 9.78 Å². The van der Waals surface area contributed by atoms with Crippen molar-refractivity contribution < 1.29 is 14.3 Å². The van der Waals surface area contributed by atoms with E-state index in [2.05, 4.69) is 16.9 Å². The van der Waals surface area contributed by atoms with E-state index in [-0.39, 0.29) is 5.97 Å². The third-order valence-corrected chi connectivity index (χ3v) is 2.29. The van der Waals surface area contributed by atoms with Crippen LogP contribution in [0.5, 0.6) is 5.88 Å². The number of carbonyl (C=O) groups is 1. The van der Waals surface area contributed by atoms with Crippen LogP contribution in [0.4, 0.5) is 0 Å². The van der Waals surface area contributed by atoms with Crippen molar-refractivity contribution in [2.75, 3.05) is 20.3 Å². The molecule has 0 aliphatic rings. The summed E-state index contributed by atoms with van der Waals surface area (Å²) in [5.74, 6) is 0.177. The lowest BCUT2D eigenvalue weighted by Crippen LogP contribution is -2.30. The van der Waals surface area contributed by atoms with Gasteiger partial charge in [-0.1, -0.05) is 6.08 Å². The van der Waals surface area contributed by atoms with E-state index >= 15 is 0 Å². The molecule has 0 bridgehead atoms. The number of hydrogen-bond acceptors (Lipinski definition) is 5. The summed E-state index contributed by atoms with van der Waals surface area (Å²) >= 11 is 0. The molecule has 18 heavy (non-hydrogen) atoms. The van der Waals surface area contributed by atoms with Crippen LogP contribution in [-0.2, 0) is 9.53 Å². The molecule has 1 atom stereocenters. The summed E-state index contributed by atoms with van der Waals surface area (Å²) in [7, 11) is 1.54. The van der Waals surface area contributed by atoms with Gasteiger partial charge < -0.3 is 9.47 Å². The minimum Gasteiger partial charge on any atom is -0.481 e. The second-order valence-corrected chi connectivity index (χ2v) is 3.52. The van der Waals surface area contributed by atoms with Gasteiger partial charge in [0.15, 0.2) is 0 Å². The molecule has 98 valence electrons. The topological polar surface area (TPSA) is 60.5 Å². The summed E-state index contributed by atoms with van der Waals surface area (Å²) in [5.41, 5.74) is 0.733. The van der Waals surface area contributed by atoms with E-state index in [4.69, 9.17) is 9.47 Å². The molecule has 0 radical (unpaired) electrons. The van der Waals surface area contributed by atoms with E-state index in [9.17, 15) is 4.79 Å². The number of pyridine rings is 1. The number of nitrogens with zero attached hydrogens (tertiary/aromatic N) is 1. The fourth-order valence-corrected chi connectivity index (χ4v) is 1.45. The summed E-state index contributed by atoms with van der Waals surface area (Å²) in [6.07, 6.45) is 3.28. The van der Waals surface area contributed by atoms with Crippen molar-refractivity contribution in [1.82, 2.24) is 10.3 Å². The monoisotopic (exact) mass is 250 g/mol. The third kappa shape index (κ3) is 3.85. The zero-order valence-electron chi connectivity index (χ0n) is 10.7. The normalized spacial score (nSPS) is 11.7. The molecule has 1 aromatic heterocycles.